The van der Waals surface area contributed by atoms with Crippen LogP contribution in [0.1, 0.15) is 23.0 Å². The molecule has 0 aliphatic rings. The predicted molar refractivity (Wildman–Crippen MR) is 71.7 cm³/mol. The van der Waals surface area contributed by atoms with E-state index in [1.807, 2.05) is 12.1 Å². The van der Waals surface area contributed by atoms with Gasteiger partial charge in [-0.3, -0.25) is 0 Å². The lowest BCUT2D eigenvalue weighted by atomic mass is 10.1. The number of carbonyl (C=O) groups is 1. The molecule has 2 N–H and O–H groups in total. The molecule has 0 radical (unpaired) electrons. The van der Waals surface area contributed by atoms with Gasteiger partial charge in [0.25, 0.3) is 0 Å². The predicted octanol–water partition coefficient (Wildman–Crippen LogP) is 2.14. The van der Waals surface area contributed by atoms with Crippen molar-refractivity contribution in [3.63, 3.8) is 0 Å². The standard InChI is InChI=1S/C14H16N2O4/c1-2-18-13(17)12-9-19-14(16-12)20-11-5-3-10(4-6-11)7-8-15/h3-6,9H,2,7-8,15H2,1H3. The van der Waals surface area contributed by atoms with Gasteiger partial charge in [-0.05, 0) is 37.6 Å². The highest BCUT2D eigenvalue weighted by Gasteiger charge is 2.14. The summed E-state index contributed by atoms with van der Waals surface area (Å²) in [5, 5.41) is 0. The summed E-state index contributed by atoms with van der Waals surface area (Å²) in [5.74, 6) is 0.0347. The Morgan fingerprint density at radius 2 is 2.10 bits per heavy atom. The van der Waals surface area contributed by atoms with Gasteiger partial charge < -0.3 is 19.6 Å². The topological polar surface area (TPSA) is 87.6 Å². The van der Waals surface area contributed by atoms with Gasteiger partial charge in [-0.25, -0.2) is 4.79 Å². The number of benzene rings is 1. The summed E-state index contributed by atoms with van der Waals surface area (Å²) in [7, 11) is 0. The molecule has 1 aromatic carbocycles. The van der Waals surface area contributed by atoms with E-state index in [4.69, 9.17) is 19.6 Å². The molecule has 0 aliphatic heterocycles. The van der Waals surface area contributed by atoms with Crippen molar-refractivity contribution >= 4 is 5.97 Å². The number of aromatic nitrogens is 1. The molecule has 0 spiro atoms. The van der Waals surface area contributed by atoms with Gasteiger partial charge in [0.05, 0.1) is 6.61 Å². The minimum absolute atomic E-state index is 0.000345. The number of oxazole rings is 1. The third-order valence-corrected chi connectivity index (χ3v) is 2.53. The van der Waals surface area contributed by atoms with Crippen LogP contribution in [0.25, 0.3) is 0 Å². The molecule has 2 aromatic rings. The maximum Gasteiger partial charge on any atom is 0.399 e. The molecule has 0 amide bonds. The van der Waals surface area contributed by atoms with Crippen molar-refractivity contribution in [3.8, 4) is 11.8 Å². The van der Waals surface area contributed by atoms with Gasteiger partial charge in [0, 0.05) is 0 Å². The molecule has 6 nitrogen and oxygen atoms in total. The van der Waals surface area contributed by atoms with Crippen LogP contribution in [0.5, 0.6) is 11.8 Å². The van der Waals surface area contributed by atoms with Crippen LogP contribution in [0.4, 0.5) is 0 Å². The Kier molecular flexibility index (Phi) is 4.73. The quantitative estimate of drug-likeness (QED) is 0.813. The van der Waals surface area contributed by atoms with Gasteiger partial charge in [0.1, 0.15) is 12.0 Å². The molecule has 6 heteroatoms. The number of nitrogens with two attached hydrogens (primary N) is 1. The largest absolute Gasteiger partial charge is 0.461 e. The third-order valence-electron chi connectivity index (χ3n) is 2.53. The number of ether oxygens (including phenoxy) is 2. The minimum atomic E-state index is -0.538. The molecule has 0 atom stereocenters. The van der Waals surface area contributed by atoms with E-state index < -0.39 is 5.97 Å². The average molecular weight is 276 g/mol. The van der Waals surface area contributed by atoms with Crippen molar-refractivity contribution in [1.82, 2.24) is 4.98 Å². The van der Waals surface area contributed by atoms with Crippen LogP contribution in [-0.4, -0.2) is 24.1 Å². The SMILES string of the molecule is CCOC(=O)c1coc(Oc2ccc(CCN)cc2)n1. The maximum atomic E-state index is 11.4. The van der Waals surface area contributed by atoms with E-state index in [2.05, 4.69) is 4.98 Å². The van der Waals surface area contributed by atoms with Crippen molar-refractivity contribution in [2.75, 3.05) is 13.2 Å². The molecule has 0 unspecified atom stereocenters. The van der Waals surface area contributed by atoms with Crippen LogP contribution in [0, 0.1) is 0 Å². The Morgan fingerprint density at radius 1 is 1.35 bits per heavy atom. The monoisotopic (exact) mass is 276 g/mol. The number of carbonyl (C=O) groups excluding carboxylic acids is 1. The first-order valence-electron chi connectivity index (χ1n) is 6.32. The van der Waals surface area contributed by atoms with E-state index in [1.54, 1.807) is 19.1 Å². The van der Waals surface area contributed by atoms with Crippen molar-refractivity contribution in [3.05, 3.63) is 41.8 Å². The summed E-state index contributed by atoms with van der Waals surface area (Å²) >= 11 is 0. The van der Waals surface area contributed by atoms with Crippen LogP contribution in [0.15, 0.2) is 34.9 Å². The molecule has 2 rings (SSSR count). The van der Waals surface area contributed by atoms with Crippen LogP contribution in [-0.2, 0) is 11.2 Å². The fourth-order valence-electron chi connectivity index (χ4n) is 1.59. The molecule has 1 aromatic heterocycles. The Bertz CT molecular complexity index is 563. The first-order valence-corrected chi connectivity index (χ1v) is 6.32. The van der Waals surface area contributed by atoms with E-state index in [0.29, 0.717) is 12.3 Å². The normalized spacial score (nSPS) is 10.3. The van der Waals surface area contributed by atoms with E-state index in [-0.39, 0.29) is 18.4 Å². The lowest BCUT2D eigenvalue weighted by Gasteiger charge is -2.02. The number of hydrogen-bond acceptors (Lipinski definition) is 6. The molecule has 1 heterocycles. The molecular formula is C14H16N2O4. The maximum absolute atomic E-state index is 11.4. The van der Waals surface area contributed by atoms with Crippen molar-refractivity contribution < 1.29 is 18.7 Å². The van der Waals surface area contributed by atoms with E-state index in [9.17, 15) is 4.79 Å². The Morgan fingerprint density at radius 3 is 2.75 bits per heavy atom. The summed E-state index contributed by atoms with van der Waals surface area (Å²) in [6.45, 7) is 2.60. The minimum Gasteiger partial charge on any atom is -0.461 e. The van der Waals surface area contributed by atoms with Crippen LogP contribution >= 0.6 is 0 Å². The van der Waals surface area contributed by atoms with Gasteiger partial charge in [0.15, 0.2) is 5.69 Å². The van der Waals surface area contributed by atoms with E-state index in [1.165, 1.54) is 6.26 Å². The van der Waals surface area contributed by atoms with Crippen LogP contribution in [0.2, 0.25) is 0 Å². The smallest absolute Gasteiger partial charge is 0.399 e. The van der Waals surface area contributed by atoms with Crippen molar-refractivity contribution in [2.24, 2.45) is 5.73 Å². The fraction of sp³-hybridized carbons (Fsp3) is 0.286. The van der Waals surface area contributed by atoms with Gasteiger partial charge >= 0.3 is 12.0 Å². The van der Waals surface area contributed by atoms with E-state index >= 15 is 0 Å². The van der Waals surface area contributed by atoms with Gasteiger partial charge in [0.2, 0.25) is 0 Å². The fourth-order valence-corrected chi connectivity index (χ4v) is 1.59. The second-order valence-corrected chi connectivity index (χ2v) is 4.00. The molecule has 0 aliphatic carbocycles. The highest BCUT2D eigenvalue weighted by Crippen LogP contribution is 2.21. The number of esters is 1. The third kappa shape index (κ3) is 3.58. The van der Waals surface area contributed by atoms with E-state index in [0.717, 1.165) is 12.0 Å². The number of hydrogen-bond donors (Lipinski definition) is 1. The highest BCUT2D eigenvalue weighted by atomic mass is 16.6. The molecule has 0 saturated carbocycles. The van der Waals surface area contributed by atoms with Crippen LogP contribution in [0.3, 0.4) is 0 Å². The molecule has 20 heavy (non-hydrogen) atoms. The zero-order valence-corrected chi connectivity index (χ0v) is 11.2. The van der Waals surface area contributed by atoms with Gasteiger partial charge in [-0.15, -0.1) is 0 Å². The zero-order chi connectivity index (χ0) is 14.4. The summed E-state index contributed by atoms with van der Waals surface area (Å²) in [5.41, 5.74) is 6.69. The Balaban J connectivity index is 2.01. The van der Waals surface area contributed by atoms with Crippen molar-refractivity contribution in [2.45, 2.75) is 13.3 Å². The first kappa shape index (κ1) is 14.1. The summed E-state index contributed by atoms with van der Waals surface area (Å²) in [6.07, 6.45) is 2.02. The summed E-state index contributed by atoms with van der Waals surface area (Å²) in [4.78, 5) is 15.3. The number of nitrogens with zero attached hydrogens (tertiary/aromatic N) is 1. The molecule has 106 valence electrons. The molecule has 0 fully saturated rings. The van der Waals surface area contributed by atoms with Crippen molar-refractivity contribution in [1.29, 1.82) is 0 Å². The first-order chi connectivity index (χ1) is 9.72. The summed E-state index contributed by atoms with van der Waals surface area (Å²) < 4.78 is 15.3. The Hall–Kier alpha value is -2.34. The molecule has 0 saturated heterocycles. The van der Waals surface area contributed by atoms with Gasteiger partial charge in [-0.2, -0.15) is 4.98 Å². The summed E-state index contributed by atoms with van der Waals surface area (Å²) in [6, 6.07) is 7.41. The highest BCUT2D eigenvalue weighted by molar-refractivity contribution is 5.86. The van der Waals surface area contributed by atoms with Crippen LogP contribution < -0.4 is 10.5 Å². The average Bonchev–Trinajstić information content (AvgIpc) is 2.90. The number of rotatable bonds is 6. The lowest BCUT2D eigenvalue weighted by Crippen LogP contribution is -2.04. The van der Waals surface area contributed by atoms with Gasteiger partial charge in [-0.1, -0.05) is 12.1 Å². The lowest BCUT2D eigenvalue weighted by molar-refractivity contribution is 0.0519. The zero-order valence-electron chi connectivity index (χ0n) is 11.2. The molecule has 0 bridgehead atoms. The Labute approximate surface area is 116 Å². The second kappa shape index (κ2) is 6.72. The second-order valence-electron chi connectivity index (χ2n) is 4.00. The molecular weight excluding hydrogens is 260 g/mol.